The molecule has 2 heteroatoms. The third-order valence-electron chi connectivity index (χ3n) is 4.77. The molecule has 0 N–H and O–H groups in total. The standard InChI is InChI=1S/C12H22N2/c1-13-9-6-12(10-13)5-2-4-11(12)14-7-3-8-14/h11H,2-10H2,1H3. The van der Waals surface area contributed by atoms with Crippen LogP contribution in [0.2, 0.25) is 0 Å². The minimum Gasteiger partial charge on any atom is -0.306 e. The van der Waals surface area contributed by atoms with Crippen LogP contribution in [0.15, 0.2) is 0 Å². The summed E-state index contributed by atoms with van der Waals surface area (Å²) in [5.41, 5.74) is 0.704. The predicted molar refractivity (Wildman–Crippen MR) is 58.4 cm³/mol. The quantitative estimate of drug-likeness (QED) is 0.625. The van der Waals surface area contributed by atoms with Crippen molar-refractivity contribution in [1.82, 2.24) is 9.80 Å². The molecule has 2 unspecified atom stereocenters. The zero-order valence-corrected chi connectivity index (χ0v) is 9.34. The van der Waals surface area contributed by atoms with Crippen LogP contribution in [-0.2, 0) is 0 Å². The summed E-state index contributed by atoms with van der Waals surface area (Å²) in [5.74, 6) is 0. The molecule has 0 aromatic carbocycles. The normalized spacial score (nSPS) is 44.8. The minimum absolute atomic E-state index is 0.704. The van der Waals surface area contributed by atoms with Gasteiger partial charge in [-0.2, -0.15) is 0 Å². The van der Waals surface area contributed by atoms with Crippen LogP contribution in [0.1, 0.15) is 32.1 Å². The summed E-state index contributed by atoms with van der Waals surface area (Å²) < 4.78 is 0. The van der Waals surface area contributed by atoms with Crippen molar-refractivity contribution in [2.45, 2.75) is 38.1 Å². The van der Waals surface area contributed by atoms with E-state index in [1.165, 1.54) is 58.3 Å². The maximum atomic E-state index is 2.76. The Bertz CT molecular complexity index is 224. The minimum atomic E-state index is 0.704. The lowest BCUT2D eigenvalue weighted by molar-refractivity contribution is 0.0450. The van der Waals surface area contributed by atoms with Gasteiger partial charge in [0, 0.05) is 12.6 Å². The van der Waals surface area contributed by atoms with Gasteiger partial charge < -0.3 is 4.90 Å². The Kier molecular flexibility index (Phi) is 2.10. The second-order valence-corrected chi connectivity index (χ2v) is 5.65. The van der Waals surface area contributed by atoms with Crippen LogP contribution >= 0.6 is 0 Å². The summed E-state index contributed by atoms with van der Waals surface area (Å²) in [7, 11) is 2.29. The fourth-order valence-electron chi connectivity index (χ4n) is 3.93. The lowest BCUT2D eigenvalue weighted by Gasteiger charge is -2.44. The van der Waals surface area contributed by atoms with Crippen LogP contribution < -0.4 is 0 Å². The van der Waals surface area contributed by atoms with E-state index in [0.29, 0.717) is 5.41 Å². The summed E-state index contributed by atoms with van der Waals surface area (Å²) in [4.78, 5) is 5.30. The molecular formula is C12H22N2. The van der Waals surface area contributed by atoms with Crippen molar-refractivity contribution in [2.24, 2.45) is 5.41 Å². The SMILES string of the molecule is CN1CCC2(CCCC2N2CCC2)C1. The molecule has 2 saturated heterocycles. The van der Waals surface area contributed by atoms with Crippen LogP contribution in [0.3, 0.4) is 0 Å². The molecule has 14 heavy (non-hydrogen) atoms. The lowest BCUT2D eigenvalue weighted by Crippen LogP contribution is -2.51. The van der Waals surface area contributed by atoms with Crippen molar-refractivity contribution in [1.29, 1.82) is 0 Å². The van der Waals surface area contributed by atoms with Gasteiger partial charge in [-0.25, -0.2) is 0 Å². The highest BCUT2D eigenvalue weighted by Gasteiger charge is 2.49. The number of nitrogens with zero attached hydrogens (tertiary/aromatic N) is 2. The topological polar surface area (TPSA) is 6.48 Å². The summed E-state index contributed by atoms with van der Waals surface area (Å²) in [6, 6.07) is 0.946. The first-order valence-electron chi connectivity index (χ1n) is 6.23. The van der Waals surface area contributed by atoms with Gasteiger partial charge in [0.2, 0.25) is 0 Å². The van der Waals surface area contributed by atoms with E-state index in [1.807, 2.05) is 0 Å². The van der Waals surface area contributed by atoms with Crippen LogP contribution in [0.5, 0.6) is 0 Å². The predicted octanol–water partition coefficient (Wildman–Crippen LogP) is 1.57. The van der Waals surface area contributed by atoms with Crippen LogP contribution in [0.4, 0.5) is 0 Å². The van der Waals surface area contributed by atoms with Gasteiger partial charge in [-0.3, -0.25) is 4.90 Å². The monoisotopic (exact) mass is 194 g/mol. The number of rotatable bonds is 1. The van der Waals surface area contributed by atoms with E-state index in [1.54, 1.807) is 0 Å². The van der Waals surface area contributed by atoms with Crippen LogP contribution in [-0.4, -0.2) is 49.1 Å². The third-order valence-corrected chi connectivity index (χ3v) is 4.77. The summed E-state index contributed by atoms with van der Waals surface area (Å²) in [5, 5.41) is 0. The Balaban J connectivity index is 1.76. The zero-order chi connectivity index (χ0) is 9.60. The lowest BCUT2D eigenvalue weighted by atomic mass is 9.80. The molecule has 2 aliphatic heterocycles. The molecule has 2 heterocycles. The van der Waals surface area contributed by atoms with Gasteiger partial charge >= 0.3 is 0 Å². The molecule has 0 bridgehead atoms. The molecular weight excluding hydrogens is 172 g/mol. The van der Waals surface area contributed by atoms with Gasteiger partial charge in [0.15, 0.2) is 0 Å². The Morgan fingerprint density at radius 2 is 1.93 bits per heavy atom. The zero-order valence-electron chi connectivity index (χ0n) is 9.34. The molecule has 1 saturated carbocycles. The fourth-order valence-corrected chi connectivity index (χ4v) is 3.93. The molecule has 3 rings (SSSR count). The van der Waals surface area contributed by atoms with E-state index >= 15 is 0 Å². The van der Waals surface area contributed by atoms with Gasteiger partial charge in [-0.1, -0.05) is 6.42 Å². The summed E-state index contributed by atoms with van der Waals surface area (Å²) in [6.07, 6.45) is 7.37. The average Bonchev–Trinajstić information content (AvgIpc) is 2.60. The van der Waals surface area contributed by atoms with Gasteiger partial charge in [0.1, 0.15) is 0 Å². The molecule has 80 valence electrons. The van der Waals surface area contributed by atoms with Crippen LogP contribution in [0.25, 0.3) is 0 Å². The highest BCUT2D eigenvalue weighted by Crippen LogP contribution is 2.48. The molecule has 2 atom stereocenters. The van der Waals surface area contributed by atoms with Crippen molar-refractivity contribution in [3.8, 4) is 0 Å². The van der Waals surface area contributed by atoms with E-state index in [2.05, 4.69) is 16.8 Å². The Hall–Kier alpha value is -0.0800. The second kappa shape index (κ2) is 3.21. The van der Waals surface area contributed by atoms with Gasteiger partial charge in [0.05, 0.1) is 0 Å². The van der Waals surface area contributed by atoms with Crippen molar-refractivity contribution in [3.63, 3.8) is 0 Å². The number of hydrogen-bond acceptors (Lipinski definition) is 2. The van der Waals surface area contributed by atoms with Gasteiger partial charge in [0.25, 0.3) is 0 Å². The molecule has 0 aromatic rings. The first kappa shape index (κ1) is 9.17. The second-order valence-electron chi connectivity index (χ2n) is 5.65. The molecule has 1 aliphatic carbocycles. The number of likely N-dealkylation sites (tertiary alicyclic amines) is 2. The van der Waals surface area contributed by atoms with E-state index in [4.69, 9.17) is 0 Å². The highest BCUT2D eigenvalue weighted by atomic mass is 15.2. The van der Waals surface area contributed by atoms with Crippen molar-refractivity contribution < 1.29 is 0 Å². The average molecular weight is 194 g/mol. The Morgan fingerprint density at radius 1 is 1.07 bits per heavy atom. The van der Waals surface area contributed by atoms with Gasteiger partial charge in [-0.15, -0.1) is 0 Å². The van der Waals surface area contributed by atoms with Crippen molar-refractivity contribution in [2.75, 3.05) is 33.2 Å². The first-order chi connectivity index (χ1) is 6.80. The fraction of sp³-hybridized carbons (Fsp3) is 1.00. The van der Waals surface area contributed by atoms with E-state index in [-0.39, 0.29) is 0 Å². The van der Waals surface area contributed by atoms with Crippen LogP contribution in [0, 0.1) is 5.41 Å². The summed E-state index contributed by atoms with van der Waals surface area (Å²) in [6.45, 7) is 5.48. The maximum Gasteiger partial charge on any atom is 0.0164 e. The first-order valence-corrected chi connectivity index (χ1v) is 6.23. The highest BCUT2D eigenvalue weighted by molar-refractivity contribution is 5.03. The van der Waals surface area contributed by atoms with Gasteiger partial charge in [-0.05, 0) is 57.8 Å². The molecule has 3 fully saturated rings. The molecule has 0 amide bonds. The van der Waals surface area contributed by atoms with Crippen molar-refractivity contribution in [3.05, 3.63) is 0 Å². The maximum absolute atomic E-state index is 2.76. The smallest absolute Gasteiger partial charge is 0.0164 e. The largest absolute Gasteiger partial charge is 0.306 e. The Labute approximate surface area is 87.3 Å². The molecule has 3 aliphatic rings. The van der Waals surface area contributed by atoms with E-state index < -0.39 is 0 Å². The number of hydrogen-bond donors (Lipinski definition) is 0. The molecule has 1 spiro atoms. The van der Waals surface area contributed by atoms with E-state index in [0.717, 1.165) is 6.04 Å². The molecule has 0 aromatic heterocycles. The third kappa shape index (κ3) is 1.24. The molecule has 2 nitrogen and oxygen atoms in total. The Morgan fingerprint density at radius 3 is 2.50 bits per heavy atom. The molecule has 0 radical (unpaired) electrons. The summed E-state index contributed by atoms with van der Waals surface area (Å²) >= 11 is 0. The van der Waals surface area contributed by atoms with Crippen molar-refractivity contribution >= 4 is 0 Å². The van der Waals surface area contributed by atoms with E-state index in [9.17, 15) is 0 Å².